The number of carbonyl (C=O) groups is 2. The number of rotatable bonds is 14. The quantitative estimate of drug-likeness (QED) is 0.130. The largest absolute Gasteiger partial charge is 0.481 e. The van der Waals surface area contributed by atoms with E-state index >= 15 is 0 Å². The lowest BCUT2D eigenvalue weighted by atomic mass is 9.34. The van der Waals surface area contributed by atoms with Crippen LogP contribution in [0.5, 0.6) is 17.6 Å². The molecule has 9 nitrogen and oxygen atoms in total. The molecule has 2 heterocycles. The third kappa shape index (κ3) is 6.66. The number of pyridine rings is 2. The molecule has 2 aromatic carbocycles. The molecule has 0 aliphatic heterocycles. The number of methoxy groups -OCH3 is 2. The van der Waals surface area contributed by atoms with Crippen molar-refractivity contribution in [1.29, 1.82) is 0 Å². The van der Waals surface area contributed by atoms with E-state index < -0.39 is 11.4 Å². The van der Waals surface area contributed by atoms with E-state index in [0.717, 1.165) is 97.0 Å². The van der Waals surface area contributed by atoms with Crippen molar-refractivity contribution >= 4 is 35.0 Å². The summed E-state index contributed by atoms with van der Waals surface area (Å²) in [7, 11) is 3.22. The SMILES string of the molecule is COc1nc(-c2cccc(-c3cccc4c3CC[C@@H]4Oc3nc(OC)c(CCC45CC(C(=O)O)(C4)C5)cc3Cl)c2Cl)ccc1CNC[C@@H]1CCC(=O)C1. The summed E-state index contributed by atoms with van der Waals surface area (Å²) < 4.78 is 17.9. The first kappa shape index (κ1) is 35.8. The van der Waals surface area contributed by atoms with Gasteiger partial charge in [0.15, 0.2) is 0 Å². The van der Waals surface area contributed by atoms with E-state index in [0.29, 0.717) is 58.8 Å². The summed E-state index contributed by atoms with van der Waals surface area (Å²) >= 11 is 14.0. The Bertz CT molecular complexity index is 2080. The van der Waals surface area contributed by atoms with Gasteiger partial charge in [-0.25, -0.2) is 4.98 Å². The van der Waals surface area contributed by atoms with Crippen molar-refractivity contribution in [2.75, 3.05) is 20.8 Å². The molecule has 4 saturated carbocycles. The Balaban J connectivity index is 0.976. The Labute approximate surface area is 319 Å². The van der Waals surface area contributed by atoms with Gasteiger partial charge in [0.1, 0.15) is 16.9 Å². The van der Waals surface area contributed by atoms with E-state index in [9.17, 15) is 14.7 Å². The van der Waals surface area contributed by atoms with E-state index in [2.05, 4.69) is 17.4 Å². The number of ketones is 1. The molecule has 5 aliphatic carbocycles. The fourth-order valence-electron chi connectivity index (χ4n) is 9.29. The van der Waals surface area contributed by atoms with Gasteiger partial charge in [0.2, 0.25) is 17.6 Å². The van der Waals surface area contributed by atoms with E-state index in [1.54, 1.807) is 14.2 Å². The van der Waals surface area contributed by atoms with Gasteiger partial charge < -0.3 is 24.6 Å². The van der Waals surface area contributed by atoms with E-state index in [1.165, 1.54) is 5.56 Å². The second-order valence-electron chi connectivity index (χ2n) is 15.4. The highest BCUT2D eigenvalue weighted by molar-refractivity contribution is 6.36. The number of carboxylic acid groups (broad SMARTS) is 1. The molecular weight excluding hydrogens is 713 g/mol. The summed E-state index contributed by atoms with van der Waals surface area (Å²) in [4.78, 5) is 32.7. The first-order valence-corrected chi connectivity index (χ1v) is 19.2. The van der Waals surface area contributed by atoms with Gasteiger partial charge >= 0.3 is 5.97 Å². The molecule has 11 heteroatoms. The second-order valence-corrected chi connectivity index (χ2v) is 16.2. The summed E-state index contributed by atoms with van der Waals surface area (Å²) in [6.07, 6.45) is 7.45. The summed E-state index contributed by atoms with van der Waals surface area (Å²) in [5, 5.41) is 14.0. The third-order valence-corrected chi connectivity index (χ3v) is 12.6. The predicted molar refractivity (Wildman–Crippen MR) is 203 cm³/mol. The molecule has 2 atom stereocenters. The van der Waals surface area contributed by atoms with Crippen LogP contribution >= 0.6 is 23.2 Å². The number of halogens is 2. The van der Waals surface area contributed by atoms with Gasteiger partial charge in [-0.1, -0.05) is 65.7 Å². The number of aryl methyl sites for hydroxylation is 1. The highest BCUT2D eigenvalue weighted by Crippen LogP contribution is 2.75. The maximum atomic E-state index is 11.6. The van der Waals surface area contributed by atoms with Crippen LogP contribution in [0.3, 0.4) is 0 Å². The molecule has 0 spiro atoms. The first-order valence-electron chi connectivity index (χ1n) is 18.4. The zero-order chi connectivity index (χ0) is 36.9. The van der Waals surface area contributed by atoms with E-state index in [-0.39, 0.29) is 11.5 Å². The van der Waals surface area contributed by atoms with Gasteiger partial charge in [0.25, 0.3) is 0 Å². The van der Waals surface area contributed by atoms with Crippen LogP contribution in [0.1, 0.15) is 79.7 Å². The van der Waals surface area contributed by atoms with Crippen molar-refractivity contribution in [3.05, 3.63) is 86.9 Å². The maximum absolute atomic E-state index is 11.6. The Morgan fingerprint density at radius 2 is 1.64 bits per heavy atom. The number of aliphatic carboxylic acids is 1. The molecule has 4 fully saturated rings. The molecule has 0 amide bonds. The zero-order valence-corrected chi connectivity index (χ0v) is 31.5. The first-order chi connectivity index (χ1) is 25.6. The topological polar surface area (TPSA) is 120 Å². The lowest BCUT2D eigenvalue weighted by Gasteiger charge is -2.68. The minimum absolute atomic E-state index is 0.115. The predicted octanol–water partition coefficient (Wildman–Crippen LogP) is 8.85. The molecule has 2 N–H and O–H groups in total. The number of Topliss-reactive ketones (excluding diaryl/α,β-unsaturated/α-hetero) is 1. The van der Waals surface area contributed by atoms with Crippen molar-refractivity contribution in [2.45, 2.75) is 76.9 Å². The normalized spacial score (nSPS) is 24.0. The minimum atomic E-state index is -0.667. The average Bonchev–Trinajstić information content (AvgIpc) is 3.73. The zero-order valence-electron chi connectivity index (χ0n) is 30.0. The molecule has 0 saturated heterocycles. The molecular formula is C42H43Cl2N3O6. The number of ether oxygens (including phenoxy) is 3. The third-order valence-electron chi connectivity index (χ3n) is 12.0. The fraction of sp³-hybridized carbons (Fsp3) is 0.429. The van der Waals surface area contributed by atoms with Gasteiger partial charge in [-0.3, -0.25) is 9.59 Å². The van der Waals surface area contributed by atoms with Crippen molar-refractivity contribution in [3.63, 3.8) is 0 Å². The number of hydrogen-bond acceptors (Lipinski definition) is 8. The smallest absolute Gasteiger partial charge is 0.309 e. The Morgan fingerprint density at radius 1 is 0.906 bits per heavy atom. The average molecular weight is 757 g/mol. The Hall–Kier alpha value is -4.18. The highest BCUT2D eigenvalue weighted by Gasteiger charge is 2.71. The molecule has 0 radical (unpaired) electrons. The van der Waals surface area contributed by atoms with Crippen molar-refractivity contribution < 1.29 is 28.9 Å². The molecule has 276 valence electrons. The molecule has 4 aromatic rings. The molecule has 2 aromatic heterocycles. The maximum Gasteiger partial charge on any atom is 0.309 e. The van der Waals surface area contributed by atoms with Gasteiger partial charge in [0.05, 0.1) is 30.4 Å². The summed E-state index contributed by atoms with van der Waals surface area (Å²) in [6, 6.07) is 18.1. The Morgan fingerprint density at radius 3 is 2.38 bits per heavy atom. The summed E-state index contributed by atoms with van der Waals surface area (Å²) in [6.45, 7) is 1.39. The summed E-state index contributed by atoms with van der Waals surface area (Å²) in [5.41, 5.74) is 7.21. The van der Waals surface area contributed by atoms with Crippen LogP contribution in [0.25, 0.3) is 22.4 Å². The van der Waals surface area contributed by atoms with Crippen molar-refractivity contribution in [1.82, 2.24) is 15.3 Å². The molecule has 2 bridgehead atoms. The highest BCUT2D eigenvalue weighted by atomic mass is 35.5. The van der Waals surface area contributed by atoms with Gasteiger partial charge in [-0.05, 0) is 98.1 Å². The van der Waals surface area contributed by atoms with E-state index in [1.807, 2.05) is 42.5 Å². The number of benzene rings is 2. The number of carbonyl (C=O) groups excluding carboxylic acids is 1. The number of fused-ring (bicyclic) bond motifs is 1. The van der Waals surface area contributed by atoms with Crippen molar-refractivity contribution in [3.8, 4) is 40.0 Å². The fourth-order valence-corrected chi connectivity index (χ4v) is 9.84. The van der Waals surface area contributed by atoms with Gasteiger partial charge in [-0.2, -0.15) is 4.98 Å². The lowest BCUT2D eigenvalue weighted by Crippen LogP contribution is -2.65. The number of aromatic nitrogens is 2. The van der Waals surface area contributed by atoms with Crippen LogP contribution in [0.4, 0.5) is 0 Å². The number of hydrogen-bond donors (Lipinski definition) is 2. The van der Waals surface area contributed by atoms with E-state index in [4.69, 9.17) is 47.4 Å². The molecule has 53 heavy (non-hydrogen) atoms. The van der Waals surface area contributed by atoms with Crippen LogP contribution in [-0.2, 0) is 29.0 Å². The summed E-state index contributed by atoms with van der Waals surface area (Å²) in [5.74, 6) is 1.43. The van der Waals surface area contributed by atoms with Crippen LogP contribution < -0.4 is 19.5 Å². The van der Waals surface area contributed by atoms with Crippen LogP contribution in [0.2, 0.25) is 10.0 Å². The second kappa shape index (κ2) is 14.2. The minimum Gasteiger partial charge on any atom is -0.481 e. The van der Waals surface area contributed by atoms with Crippen LogP contribution in [0, 0.1) is 16.7 Å². The van der Waals surface area contributed by atoms with Gasteiger partial charge in [-0.15, -0.1) is 0 Å². The van der Waals surface area contributed by atoms with Crippen LogP contribution in [-0.4, -0.2) is 47.6 Å². The standard InChI is InChI=1S/C42H43Cl2N3O6/c1-51-37-25(15-16-41-21-42(22-41,23-41)40(49)50)18-33(43)39(47-37)53-35-14-12-29-28(5-3-6-30(29)35)31-7-4-8-32(36(31)44)34-13-10-26(38(46-34)52-2)20-45-19-24-9-11-27(48)17-24/h3-8,10,13,18,24,35,45H,9,11-12,14-17,19-23H2,1-2H3,(H,49,50)/t24-,35+,41?,42?/m1/s1. The lowest BCUT2D eigenvalue weighted by molar-refractivity contribution is -0.224. The Kier molecular flexibility index (Phi) is 9.62. The van der Waals surface area contributed by atoms with Crippen LogP contribution in [0.15, 0.2) is 54.6 Å². The number of nitrogens with zero attached hydrogens (tertiary/aromatic N) is 2. The number of nitrogens with one attached hydrogen (secondary N) is 1. The molecule has 0 unspecified atom stereocenters. The van der Waals surface area contributed by atoms with Crippen molar-refractivity contribution in [2.24, 2.45) is 16.7 Å². The monoisotopic (exact) mass is 755 g/mol. The molecule has 9 rings (SSSR count). The number of carboxylic acids is 1. The molecule has 5 aliphatic rings. The van der Waals surface area contributed by atoms with Gasteiger partial charge in [0, 0.05) is 41.6 Å².